The molecule has 92 valence electrons. The number of rotatable bonds is 4. The highest BCUT2D eigenvalue weighted by Crippen LogP contribution is 2.18. The Morgan fingerprint density at radius 2 is 2.17 bits per heavy atom. The molecule has 0 aliphatic heterocycles. The minimum absolute atomic E-state index is 0.535. The van der Waals surface area contributed by atoms with Crippen molar-refractivity contribution in [3.63, 3.8) is 0 Å². The van der Waals surface area contributed by atoms with Gasteiger partial charge in [0, 0.05) is 19.3 Å². The summed E-state index contributed by atoms with van der Waals surface area (Å²) < 4.78 is 1.96. The summed E-state index contributed by atoms with van der Waals surface area (Å²) in [6.45, 7) is 5.58. The van der Waals surface area contributed by atoms with Gasteiger partial charge in [0.05, 0.1) is 5.56 Å². The molecule has 0 spiro atoms. The molecule has 0 aromatic carbocycles. The van der Waals surface area contributed by atoms with Crippen LogP contribution in [0.15, 0.2) is 18.3 Å². The van der Waals surface area contributed by atoms with Crippen LogP contribution < -0.4 is 5.32 Å². The number of hydrogen-bond donors (Lipinski definition) is 1. The van der Waals surface area contributed by atoms with E-state index in [1.807, 2.05) is 24.5 Å². The van der Waals surface area contributed by atoms with E-state index < -0.39 is 0 Å². The van der Waals surface area contributed by atoms with Gasteiger partial charge in [-0.25, -0.2) is 0 Å². The summed E-state index contributed by atoms with van der Waals surface area (Å²) in [5.41, 5.74) is 1.25. The van der Waals surface area contributed by atoms with Crippen LogP contribution in [0.4, 0.5) is 5.95 Å². The lowest BCUT2D eigenvalue weighted by Gasteiger charge is -2.07. The number of nitriles is 1. The SMILES string of the molecule is CCNc1nnc(-c2ccc(C#N)cn2)n1CC. The fraction of sp³-hybridized carbons (Fsp3) is 0.333. The van der Waals surface area contributed by atoms with Gasteiger partial charge in [-0.15, -0.1) is 10.2 Å². The number of nitrogens with zero attached hydrogens (tertiary/aromatic N) is 5. The van der Waals surface area contributed by atoms with E-state index in [1.165, 1.54) is 6.20 Å². The molecule has 0 saturated heterocycles. The molecular weight excluding hydrogens is 228 g/mol. The molecular formula is C12H14N6. The molecule has 2 aromatic heterocycles. The second-order valence-corrected chi connectivity index (χ2v) is 3.67. The summed E-state index contributed by atoms with van der Waals surface area (Å²) in [6.07, 6.45) is 1.54. The zero-order valence-electron chi connectivity index (χ0n) is 10.4. The molecule has 0 radical (unpaired) electrons. The lowest BCUT2D eigenvalue weighted by molar-refractivity contribution is 0.768. The Bertz CT molecular complexity index is 563. The van der Waals surface area contributed by atoms with E-state index in [4.69, 9.17) is 5.26 Å². The van der Waals surface area contributed by atoms with Gasteiger partial charge >= 0.3 is 0 Å². The smallest absolute Gasteiger partial charge is 0.224 e. The second-order valence-electron chi connectivity index (χ2n) is 3.67. The van der Waals surface area contributed by atoms with E-state index in [2.05, 4.69) is 20.5 Å². The highest BCUT2D eigenvalue weighted by molar-refractivity contribution is 5.53. The first-order valence-electron chi connectivity index (χ1n) is 5.83. The Balaban J connectivity index is 2.40. The third-order valence-corrected chi connectivity index (χ3v) is 2.52. The van der Waals surface area contributed by atoms with Gasteiger partial charge in [0.25, 0.3) is 0 Å². The normalized spacial score (nSPS) is 10.1. The topological polar surface area (TPSA) is 79.4 Å². The van der Waals surface area contributed by atoms with E-state index in [0.29, 0.717) is 17.1 Å². The Labute approximate surface area is 105 Å². The Kier molecular flexibility index (Phi) is 3.53. The Morgan fingerprint density at radius 3 is 2.72 bits per heavy atom. The monoisotopic (exact) mass is 242 g/mol. The molecule has 1 N–H and O–H groups in total. The van der Waals surface area contributed by atoms with Gasteiger partial charge in [-0.1, -0.05) is 0 Å². The van der Waals surface area contributed by atoms with E-state index in [9.17, 15) is 0 Å². The zero-order chi connectivity index (χ0) is 13.0. The van der Waals surface area contributed by atoms with Crippen LogP contribution in [0, 0.1) is 11.3 Å². The molecule has 0 bridgehead atoms. The van der Waals surface area contributed by atoms with Crippen molar-refractivity contribution >= 4 is 5.95 Å². The van der Waals surface area contributed by atoms with Crippen molar-refractivity contribution in [3.05, 3.63) is 23.9 Å². The van der Waals surface area contributed by atoms with Crippen molar-refractivity contribution < 1.29 is 0 Å². The molecule has 18 heavy (non-hydrogen) atoms. The maximum atomic E-state index is 8.74. The van der Waals surface area contributed by atoms with Crippen LogP contribution >= 0.6 is 0 Å². The fourth-order valence-corrected chi connectivity index (χ4v) is 1.67. The maximum Gasteiger partial charge on any atom is 0.224 e. The fourth-order valence-electron chi connectivity index (χ4n) is 1.67. The predicted octanol–water partition coefficient (Wildman–Crippen LogP) is 1.66. The van der Waals surface area contributed by atoms with Crippen molar-refractivity contribution in [3.8, 4) is 17.6 Å². The van der Waals surface area contributed by atoms with Gasteiger partial charge in [0.15, 0.2) is 5.82 Å². The van der Waals surface area contributed by atoms with Crippen molar-refractivity contribution in [2.24, 2.45) is 0 Å². The minimum Gasteiger partial charge on any atom is -0.355 e. The predicted molar refractivity (Wildman–Crippen MR) is 67.8 cm³/mol. The van der Waals surface area contributed by atoms with Crippen LogP contribution in [-0.4, -0.2) is 26.3 Å². The van der Waals surface area contributed by atoms with Crippen molar-refractivity contribution in [1.29, 1.82) is 5.26 Å². The second kappa shape index (κ2) is 5.27. The molecule has 0 unspecified atom stereocenters. The number of aromatic nitrogens is 4. The van der Waals surface area contributed by atoms with Crippen LogP contribution in [0.5, 0.6) is 0 Å². The average molecular weight is 242 g/mol. The van der Waals surface area contributed by atoms with Gasteiger partial charge < -0.3 is 5.32 Å². The van der Waals surface area contributed by atoms with E-state index >= 15 is 0 Å². The molecule has 0 aliphatic rings. The quantitative estimate of drug-likeness (QED) is 0.882. The minimum atomic E-state index is 0.535. The zero-order valence-corrected chi connectivity index (χ0v) is 10.4. The summed E-state index contributed by atoms with van der Waals surface area (Å²) >= 11 is 0. The largest absolute Gasteiger partial charge is 0.355 e. The molecule has 2 aromatic rings. The lowest BCUT2D eigenvalue weighted by Crippen LogP contribution is -2.07. The highest BCUT2D eigenvalue weighted by atomic mass is 15.4. The average Bonchev–Trinajstić information content (AvgIpc) is 2.82. The molecule has 0 saturated carbocycles. The molecule has 6 heteroatoms. The molecule has 2 heterocycles. The van der Waals surface area contributed by atoms with E-state index in [-0.39, 0.29) is 0 Å². The lowest BCUT2D eigenvalue weighted by atomic mass is 10.2. The molecule has 0 atom stereocenters. The molecule has 0 amide bonds. The van der Waals surface area contributed by atoms with Gasteiger partial charge in [0.1, 0.15) is 11.8 Å². The van der Waals surface area contributed by atoms with Crippen molar-refractivity contribution in [2.75, 3.05) is 11.9 Å². The van der Waals surface area contributed by atoms with Gasteiger partial charge in [-0.2, -0.15) is 5.26 Å². The maximum absolute atomic E-state index is 8.74. The third-order valence-electron chi connectivity index (χ3n) is 2.52. The van der Waals surface area contributed by atoms with Crippen LogP contribution in [0.3, 0.4) is 0 Å². The van der Waals surface area contributed by atoms with Gasteiger partial charge in [0.2, 0.25) is 5.95 Å². The van der Waals surface area contributed by atoms with Crippen LogP contribution in [-0.2, 0) is 6.54 Å². The van der Waals surface area contributed by atoms with Crippen molar-refractivity contribution in [1.82, 2.24) is 19.7 Å². The Morgan fingerprint density at radius 1 is 1.33 bits per heavy atom. The van der Waals surface area contributed by atoms with Crippen LogP contribution in [0.2, 0.25) is 0 Å². The molecule has 6 nitrogen and oxygen atoms in total. The first-order valence-corrected chi connectivity index (χ1v) is 5.83. The van der Waals surface area contributed by atoms with E-state index in [0.717, 1.165) is 19.0 Å². The highest BCUT2D eigenvalue weighted by Gasteiger charge is 2.12. The first-order chi connectivity index (χ1) is 8.80. The summed E-state index contributed by atoms with van der Waals surface area (Å²) in [5, 5.41) is 20.1. The van der Waals surface area contributed by atoms with Gasteiger partial charge in [-0.3, -0.25) is 9.55 Å². The Hall–Kier alpha value is -2.42. The number of nitrogens with one attached hydrogen (secondary N) is 1. The van der Waals surface area contributed by atoms with Crippen LogP contribution in [0.1, 0.15) is 19.4 Å². The number of pyridine rings is 1. The number of anilines is 1. The standard InChI is InChI=1S/C12H14N6/c1-3-14-12-17-16-11(18(12)4-2)10-6-5-9(7-13)8-15-10/h5-6,8H,3-4H2,1-2H3,(H,14,17). The molecule has 0 aliphatic carbocycles. The third kappa shape index (κ3) is 2.15. The first kappa shape index (κ1) is 12.0. The number of hydrogen-bond acceptors (Lipinski definition) is 5. The van der Waals surface area contributed by atoms with Crippen molar-refractivity contribution in [2.45, 2.75) is 20.4 Å². The van der Waals surface area contributed by atoms with Gasteiger partial charge in [-0.05, 0) is 26.0 Å². The summed E-state index contributed by atoms with van der Waals surface area (Å²) in [4.78, 5) is 4.23. The molecule has 2 rings (SSSR count). The summed E-state index contributed by atoms with van der Waals surface area (Å²) in [5.74, 6) is 1.44. The van der Waals surface area contributed by atoms with Crippen LogP contribution in [0.25, 0.3) is 11.5 Å². The molecule has 0 fully saturated rings. The van der Waals surface area contributed by atoms with E-state index in [1.54, 1.807) is 12.1 Å². The summed E-state index contributed by atoms with van der Waals surface area (Å²) in [7, 11) is 0. The summed E-state index contributed by atoms with van der Waals surface area (Å²) in [6, 6.07) is 5.55.